The zero-order valence-corrected chi connectivity index (χ0v) is 15.6. The monoisotopic (exact) mass is 328 g/mol. The molecule has 3 nitrogen and oxygen atoms in total. The van der Waals surface area contributed by atoms with Crippen LogP contribution in [0.2, 0.25) is 0 Å². The topological polar surface area (TPSA) is 23.6 Å². The van der Waals surface area contributed by atoms with Crippen LogP contribution >= 0.6 is 0 Å². The van der Waals surface area contributed by atoms with Crippen molar-refractivity contribution in [3.8, 4) is 0 Å². The minimum absolute atomic E-state index is 0.341. The second kappa shape index (κ2) is 7.69. The molecule has 0 aliphatic carbocycles. The minimum atomic E-state index is 0.341. The minimum Gasteiger partial charge on any atom is -0.308 e. The number of rotatable bonds is 6. The van der Waals surface area contributed by atoms with E-state index < -0.39 is 0 Å². The van der Waals surface area contributed by atoms with Gasteiger partial charge >= 0.3 is 0 Å². The molecule has 0 saturated carbocycles. The lowest BCUT2D eigenvalue weighted by Gasteiger charge is -2.36. The number of nitrogens with zero attached hydrogens (tertiary/aromatic N) is 2. The van der Waals surface area contributed by atoms with E-state index in [1.807, 2.05) is 0 Å². The van der Waals surface area contributed by atoms with Gasteiger partial charge in [-0.05, 0) is 45.0 Å². The van der Waals surface area contributed by atoms with Crippen LogP contribution in [0.5, 0.6) is 0 Å². The molecule has 1 aromatic carbocycles. The average Bonchev–Trinajstić information content (AvgIpc) is 2.87. The first-order chi connectivity index (χ1) is 11.6. The Labute approximate surface area is 147 Å². The van der Waals surface area contributed by atoms with Gasteiger partial charge in [0.1, 0.15) is 0 Å². The highest BCUT2D eigenvalue weighted by atomic mass is 16.2. The molecule has 2 aliphatic heterocycles. The molecule has 2 heterocycles. The first kappa shape index (κ1) is 17.5. The maximum Gasteiger partial charge on any atom is 0.227 e. The van der Waals surface area contributed by atoms with Gasteiger partial charge < -0.3 is 9.80 Å². The van der Waals surface area contributed by atoms with Crippen LogP contribution in [-0.4, -0.2) is 37.0 Å². The third-order valence-corrected chi connectivity index (χ3v) is 5.72. The normalized spacial score (nSPS) is 23.2. The predicted molar refractivity (Wildman–Crippen MR) is 101 cm³/mol. The number of piperidine rings is 1. The highest BCUT2D eigenvalue weighted by Gasteiger charge is 2.43. The Morgan fingerprint density at radius 1 is 1.21 bits per heavy atom. The summed E-state index contributed by atoms with van der Waals surface area (Å²) in [4.78, 5) is 17.5. The van der Waals surface area contributed by atoms with Gasteiger partial charge in [0, 0.05) is 30.6 Å². The van der Waals surface area contributed by atoms with E-state index in [1.54, 1.807) is 0 Å². The van der Waals surface area contributed by atoms with Crippen LogP contribution < -0.4 is 4.90 Å². The molecule has 132 valence electrons. The summed E-state index contributed by atoms with van der Waals surface area (Å²) in [6.45, 7) is 6.55. The SMILES string of the molecule is CCCCCCCC(=O)N1c2ccc(C)cc2[C@@H]2CN(C)CC[C@@H]21. The maximum absolute atomic E-state index is 13.0. The predicted octanol–water partition coefficient (Wildman–Crippen LogP) is 4.49. The molecule has 0 bridgehead atoms. The van der Waals surface area contributed by atoms with E-state index in [2.05, 4.69) is 48.9 Å². The molecule has 0 aromatic heterocycles. The van der Waals surface area contributed by atoms with Crippen LogP contribution in [0.25, 0.3) is 0 Å². The van der Waals surface area contributed by atoms with E-state index in [0.29, 0.717) is 24.3 Å². The van der Waals surface area contributed by atoms with E-state index in [1.165, 1.54) is 42.5 Å². The van der Waals surface area contributed by atoms with Crippen molar-refractivity contribution in [2.45, 2.75) is 70.8 Å². The van der Waals surface area contributed by atoms with E-state index in [9.17, 15) is 4.79 Å². The Hall–Kier alpha value is -1.35. The van der Waals surface area contributed by atoms with Crippen LogP contribution in [0.3, 0.4) is 0 Å². The summed E-state index contributed by atoms with van der Waals surface area (Å²) in [6.07, 6.45) is 7.82. The summed E-state index contributed by atoms with van der Waals surface area (Å²) in [5, 5.41) is 0. The Kier molecular flexibility index (Phi) is 5.60. The second-order valence-electron chi connectivity index (χ2n) is 7.71. The lowest BCUT2D eigenvalue weighted by atomic mass is 9.89. The Morgan fingerprint density at radius 2 is 2.00 bits per heavy atom. The summed E-state index contributed by atoms with van der Waals surface area (Å²) in [5.41, 5.74) is 3.88. The smallest absolute Gasteiger partial charge is 0.227 e. The molecule has 0 N–H and O–H groups in total. The number of carbonyl (C=O) groups is 1. The van der Waals surface area contributed by atoms with Crippen molar-refractivity contribution in [1.82, 2.24) is 4.90 Å². The molecular weight excluding hydrogens is 296 g/mol. The Balaban J connectivity index is 1.74. The third kappa shape index (κ3) is 3.51. The van der Waals surface area contributed by atoms with Crippen LogP contribution in [0, 0.1) is 6.92 Å². The first-order valence-electron chi connectivity index (χ1n) is 9.73. The molecule has 2 aliphatic rings. The van der Waals surface area contributed by atoms with E-state index in [0.717, 1.165) is 25.9 Å². The van der Waals surface area contributed by atoms with Gasteiger partial charge in [0.15, 0.2) is 0 Å². The number of aryl methyl sites for hydroxylation is 1. The summed E-state index contributed by atoms with van der Waals surface area (Å²) in [5.74, 6) is 0.830. The Bertz CT molecular complexity index is 583. The number of fused-ring (bicyclic) bond motifs is 3. The van der Waals surface area contributed by atoms with Gasteiger partial charge in [-0.2, -0.15) is 0 Å². The highest BCUT2D eigenvalue weighted by Crippen LogP contribution is 2.45. The van der Waals surface area contributed by atoms with E-state index in [-0.39, 0.29) is 0 Å². The van der Waals surface area contributed by atoms with Gasteiger partial charge in [0.2, 0.25) is 5.91 Å². The quantitative estimate of drug-likeness (QED) is 0.718. The van der Waals surface area contributed by atoms with Crippen LogP contribution in [-0.2, 0) is 4.79 Å². The molecule has 1 aromatic rings. The zero-order chi connectivity index (χ0) is 17.1. The third-order valence-electron chi connectivity index (χ3n) is 5.72. The molecule has 0 unspecified atom stereocenters. The fourth-order valence-electron chi connectivity index (χ4n) is 4.41. The van der Waals surface area contributed by atoms with Crippen molar-refractivity contribution in [3.05, 3.63) is 29.3 Å². The molecule has 24 heavy (non-hydrogen) atoms. The number of hydrogen-bond donors (Lipinski definition) is 0. The van der Waals surface area contributed by atoms with Crippen molar-refractivity contribution < 1.29 is 4.79 Å². The number of carbonyl (C=O) groups excluding carboxylic acids is 1. The summed E-state index contributed by atoms with van der Waals surface area (Å²) >= 11 is 0. The van der Waals surface area contributed by atoms with Gasteiger partial charge in [-0.25, -0.2) is 0 Å². The fraction of sp³-hybridized carbons (Fsp3) is 0.667. The molecule has 2 atom stereocenters. The molecular formula is C21H32N2O. The number of amides is 1. The number of likely N-dealkylation sites (N-methyl/N-ethyl adjacent to an activating group) is 1. The molecule has 1 saturated heterocycles. The number of hydrogen-bond acceptors (Lipinski definition) is 2. The van der Waals surface area contributed by atoms with Gasteiger partial charge in [0.05, 0.1) is 0 Å². The summed E-state index contributed by atoms with van der Waals surface area (Å²) in [7, 11) is 2.20. The second-order valence-corrected chi connectivity index (χ2v) is 7.71. The van der Waals surface area contributed by atoms with Crippen molar-refractivity contribution >= 4 is 11.6 Å². The number of likely N-dealkylation sites (tertiary alicyclic amines) is 1. The van der Waals surface area contributed by atoms with Crippen LogP contribution in [0.15, 0.2) is 18.2 Å². The molecule has 3 rings (SSSR count). The fourth-order valence-corrected chi connectivity index (χ4v) is 4.41. The molecule has 0 radical (unpaired) electrons. The van der Waals surface area contributed by atoms with Crippen molar-refractivity contribution in [2.75, 3.05) is 25.0 Å². The van der Waals surface area contributed by atoms with Gasteiger partial charge in [-0.3, -0.25) is 4.79 Å². The molecule has 1 fully saturated rings. The largest absolute Gasteiger partial charge is 0.308 e. The highest BCUT2D eigenvalue weighted by molar-refractivity contribution is 5.96. The van der Waals surface area contributed by atoms with Crippen molar-refractivity contribution in [2.24, 2.45) is 0 Å². The van der Waals surface area contributed by atoms with E-state index >= 15 is 0 Å². The number of benzene rings is 1. The number of anilines is 1. The van der Waals surface area contributed by atoms with Gasteiger partial charge in [-0.1, -0.05) is 50.3 Å². The van der Waals surface area contributed by atoms with Crippen LogP contribution in [0.4, 0.5) is 5.69 Å². The standard InChI is InChI=1S/C21H32N2O/c1-4-5-6-7-8-9-21(24)23-19-11-10-16(2)14-17(19)18-15-22(3)13-12-20(18)23/h10-11,14,18,20H,4-9,12-13,15H2,1-3H3/t18-,20-/m0/s1. The van der Waals surface area contributed by atoms with Gasteiger partial charge in [0.25, 0.3) is 0 Å². The van der Waals surface area contributed by atoms with Crippen molar-refractivity contribution in [1.29, 1.82) is 0 Å². The molecule has 0 spiro atoms. The maximum atomic E-state index is 13.0. The molecule has 3 heteroatoms. The Morgan fingerprint density at radius 3 is 2.79 bits per heavy atom. The number of unbranched alkanes of at least 4 members (excludes halogenated alkanes) is 4. The summed E-state index contributed by atoms with van der Waals surface area (Å²) in [6, 6.07) is 7.02. The summed E-state index contributed by atoms with van der Waals surface area (Å²) < 4.78 is 0. The first-order valence-corrected chi connectivity index (χ1v) is 9.73. The van der Waals surface area contributed by atoms with Gasteiger partial charge in [-0.15, -0.1) is 0 Å². The van der Waals surface area contributed by atoms with Crippen LogP contribution in [0.1, 0.15) is 68.9 Å². The lowest BCUT2D eigenvalue weighted by molar-refractivity contribution is -0.119. The zero-order valence-electron chi connectivity index (χ0n) is 15.6. The van der Waals surface area contributed by atoms with E-state index in [4.69, 9.17) is 0 Å². The molecule has 1 amide bonds. The average molecular weight is 329 g/mol. The lowest BCUT2D eigenvalue weighted by Crippen LogP contribution is -2.47. The van der Waals surface area contributed by atoms with Crippen molar-refractivity contribution in [3.63, 3.8) is 0 Å².